The number of hydrogen-bond acceptors (Lipinski definition) is 5. The second-order valence-electron chi connectivity index (χ2n) is 4.14. The summed E-state index contributed by atoms with van der Waals surface area (Å²) in [5, 5.41) is -0.0686. The predicted molar refractivity (Wildman–Crippen MR) is 79.6 cm³/mol. The Kier molecular flexibility index (Phi) is 5.46. The summed E-state index contributed by atoms with van der Waals surface area (Å²) in [4.78, 5) is 16.5. The quantitative estimate of drug-likeness (QED) is 0.538. The molecule has 2 aromatic heterocycles. The van der Waals surface area contributed by atoms with E-state index in [-0.39, 0.29) is 17.3 Å². The molecule has 0 aliphatic heterocycles. The van der Waals surface area contributed by atoms with E-state index in [1.807, 2.05) is 0 Å². The number of rotatable bonds is 6. The fraction of sp³-hybridized carbons (Fsp3) is 0.385. The van der Waals surface area contributed by atoms with Crippen molar-refractivity contribution in [2.24, 2.45) is 0 Å². The lowest BCUT2D eigenvalue weighted by molar-refractivity contribution is -0.135. The van der Waals surface area contributed by atoms with Crippen LogP contribution >= 0.6 is 34.5 Å². The lowest BCUT2D eigenvalue weighted by Crippen LogP contribution is -2.07. The monoisotopic (exact) mass is 333 g/mol. The first-order chi connectivity index (χ1) is 9.60. The highest BCUT2D eigenvalue weighted by atomic mass is 35.5. The van der Waals surface area contributed by atoms with Crippen LogP contribution < -0.4 is 4.74 Å². The molecule has 0 atom stereocenters. The largest absolute Gasteiger partial charge is 0.394 e. The van der Waals surface area contributed by atoms with Gasteiger partial charge in [-0.05, 0) is 30.2 Å². The van der Waals surface area contributed by atoms with Gasteiger partial charge in [0.05, 0.1) is 9.21 Å². The summed E-state index contributed by atoms with van der Waals surface area (Å²) in [7, 11) is 0. The molecule has 0 amide bonds. The highest BCUT2D eigenvalue weighted by Gasteiger charge is 2.20. The number of ether oxygens (including phenoxy) is 1. The van der Waals surface area contributed by atoms with Gasteiger partial charge in [0.1, 0.15) is 0 Å². The van der Waals surface area contributed by atoms with Crippen LogP contribution in [0.1, 0.15) is 32.6 Å². The fourth-order valence-electron chi connectivity index (χ4n) is 1.62. The summed E-state index contributed by atoms with van der Waals surface area (Å²) in [5.41, 5.74) is 0.399. The first-order valence-corrected chi connectivity index (χ1v) is 7.80. The first-order valence-electron chi connectivity index (χ1n) is 6.23. The zero-order valence-corrected chi connectivity index (χ0v) is 13.1. The number of esters is 1. The molecule has 108 valence electrons. The van der Waals surface area contributed by atoms with Crippen LogP contribution in [0.3, 0.4) is 0 Å². The summed E-state index contributed by atoms with van der Waals surface area (Å²) in [6.45, 7) is 2.07. The summed E-state index contributed by atoms with van der Waals surface area (Å²) in [6, 6.07) is 3.51. The van der Waals surface area contributed by atoms with Crippen molar-refractivity contribution >= 4 is 40.5 Å². The van der Waals surface area contributed by atoms with Crippen LogP contribution in [-0.2, 0) is 4.79 Å². The number of nitrogens with zero attached hydrogens (tertiary/aromatic N) is 1. The number of unbranched alkanes of at least 4 members (excludes halogenated alkanes) is 2. The van der Waals surface area contributed by atoms with E-state index in [0.717, 1.165) is 24.1 Å². The average Bonchev–Trinajstić information content (AvgIpc) is 2.96. The standard InChI is InChI=1S/C13H13Cl2NO3S/c1-2-3-4-5-10(17)18-12-11(16-13(15)19-12)8-6-7-9(14)20-8/h6-7H,2-5H2,1H3. The smallest absolute Gasteiger partial charge is 0.323 e. The van der Waals surface area contributed by atoms with E-state index in [4.69, 9.17) is 32.4 Å². The van der Waals surface area contributed by atoms with E-state index in [9.17, 15) is 4.79 Å². The van der Waals surface area contributed by atoms with Gasteiger partial charge in [0, 0.05) is 6.42 Å². The van der Waals surface area contributed by atoms with Crippen molar-refractivity contribution in [2.45, 2.75) is 32.6 Å². The summed E-state index contributed by atoms with van der Waals surface area (Å²) < 4.78 is 10.9. The summed E-state index contributed by atoms with van der Waals surface area (Å²) >= 11 is 12.9. The van der Waals surface area contributed by atoms with Crippen molar-refractivity contribution in [1.29, 1.82) is 0 Å². The van der Waals surface area contributed by atoms with Crippen LogP contribution in [0.4, 0.5) is 0 Å². The molecular weight excluding hydrogens is 321 g/mol. The van der Waals surface area contributed by atoms with E-state index in [1.165, 1.54) is 11.3 Å². The van der Waals surface area contributed by atoms with Crippen molar-refractivity contribution in [3.63, 3.8) is 0 Å². The molecule has 0 spiro atoms. The Morgan fingerprint density at radius 3 is 2.85 bits per heavy atom. The van der Waals surface area contributed by atoms with E-state index >= 15 is 0 Å². The number of halogens is 2. The normalized spacial score (nSPS) is 10.8. The maximum atomic E-state index is 11.7. The van der Waals surface area contributed by atoms with E-state index < -0.39 is 0 Å². The number of thiophene rings is 1. The van der Waals surface area contributed by atoms with Gasteiger partial charge >= 0.3 is 11.9 Å². The second kappa shape index (κ2) is 7.11. The molecular formula is C13H13Cl2NO3S. The fourth-order valence-corrected chi connectivity index (χ4v) is 2.80. The average molecular weight is 334 g/mol. The molecule has 0 saturated carbocycles. The molecule has 20 heavy (non-hydrogen) atoms. The van der Waals surface area contributed by atoms with Crippen LogP contribution in [0.25, 0.3) is 10.6 Å². The highest BCUT2D eigenvalue weighted by Crippen LogP contribution is 2.38. The van der Waals surface area contributed by atoms with Crippen molar-refractivity contribution < 1.29 is 13.9 Å². The Bertz CT molecular complexity index is 594. The number of carbonyl (C=O) groups excluding carboxylic acids is 1. The van der Waals surface area contributed by atoms with Crippen molar-refractivity contribution in [3.05, 3.63) is 21.8 Å². The van der Waals surface area contributed by atoms with Gasteiger partial charge in [-0.15, -0.1) is 11.3 Å². The zero-order valence-electron chi connectivity index (χ0n) is 10.8. The Hall–Kier alpha value is -1.04. The molecule has 0 aliphatic carbocycles. The molecule has 2 aromatic rings. The van der Waals surface area contributed by atoms with Gasteiger partial charge in [0.25, 0.3) is 5.35 Å². The van der Waals surface area contributed by atoms with Crippen molar-refractivity contribution in [2.75, 3.05) is 0 Å². The Balaban J connectivity index is 2.10. The summed E-state index contributed by atoms with van der Waals surface area (Å²) in [5.74, 6) is -0.329. The molecule has 0 saturated heterocycles. The van der Waals surface area contributed by atoms with E-state index in [1.54, 1.807) is 12.1 Å². The first kappa shape index (κ1) is 15.4. The molecule has 0 N–H and O–H groups in total. The van der Waals surface area contributed by atoms with Gasteiger partial charge in [-0.1, -0.05) is 31.4 Å². The Morgan fingerprint density at radius 2 is 2.20 bits per heavy atom. The van der Waals surface area contributed by atoms with Gasteiger partial charge in [0.2, 0.25) is 0 Å². The lowest BCUT2D eigenvalue weighted by Gasteiger charge is -2.01. The van der Waals surface area contributed by atoms with Crippen molar-refractivity contribution in [1.82, 2.24) is 4.98 Å². The van der Waals surface area contributed by atoms with Gasteiger partial charge in [-0.3, -0.25) is 4.79 Å². The predicted octanol–water partition coefficient (Wildman–Crippen LogP) is 5.20. The van der Waals surface area contributed by atoms with Crippen molar-refractivity contribution in [3.8, 4) is 16.5 Å². The molecule has 0 unspecified atom stereocenters. The minimum Gasteiger partial charge on any atom is -0.394 e. The van der Waals surface area contributed by atoms with Crippen LogP contribution in [0.15, 0.2) is 16.5 Å². The summed E-state index contributed by atoms with van der Waals surface area (Å²) in [6.07, 6.45) is 3.16. The Labute approximate surface area is 130 Å². The zero-order chi connectivity index (χ0) is 14.5. The van der Waals surface area contributed by atoms with E-state index in [2.05, 4.69) is 11.9 Å². The minimum atomic E-state index is -0.352. The molecule has 2 rings (SSSR count). The van der Waals surface area contributed by atoms with Crippen LogP contribution in [-0.4, -0.2) is 11.0 Å². The number of hydrogen-bond donors (Lipinski definition) is 0. The van der Waals surface area contributed by atoms with Crippen LogP contribution in [0.5, 0.6) is 5.95 Å². The Morgan fingerprint density at radius 1 is 1.40 bits per heavy atom. The number of oxazole rings is 1. The lowest BCUT2D eigenvalue weighted by atomic mass is 10.2. The second-order valence-corrected chi connectivity index (χ2v) is 6.18. The molecule has 2 heterocycles. The van der Waals surface area contributed by atoms with Crippen LogP contribution in [0.2, 0.25) is 9.69 Å². The highest BCUT2D eigenvalue weighted by molar-refractivity contribution is 7.19. The van der Waals surface area contributed by atoms with Gasteiger partial charge in [-0.2, -0.15) is 4.98 Å². The molecule has 0 bridgehead atoms. The molecule has 0 fully saturated rings. The molecule has 0 aromatic carbocycles. The maximum absolute atomic E-state index is 11.7. The SMILES string of the molecule is CCCCCC(=O)Oc1oc(Cl)nc1-c1ccc(Cl)s1. The van der Waals surface area contributed by atoms with E-state index in [0.29, 0.717) is 16.5 Å². The number of aromatic nitrogens is 1. The van der Waals surface area contributed by atoms with Gasteiger partial charge in [0.15, 0.2) is 5.69 Å². The third-order valence-electron chi connectivity index (χ3n) is 2.57. The molecule has 0 aliphatic rings. The van der Waals surface area contributed by atoms with Gasteiger partial charge in [-0.25, -0.2) is 0 Å². The molecule has 4 nitrogen and oxygen atoms in total. The third-order valence-corrected chi connectivity index (χ3v) is 3.97. The van der Waals surface area contributed by atoms with Crippen LogP contribution in [0, 0.1) is 0 Å². The topological polar surface area (TPSA) is 52.3 Å². The third kappa shape index (κ3) is 3.98. The maximum Gasteiger partial charge on any atom is 0.323 e. The molecule has 0 radical (unpaired) electrons. The van der Waals surface area contributed by atoms with Gasteiger partial charge < -0.3 is 9.15 Å². The minimum absolute atomic E-state index is 0.0232. The molecule has 7 heteroatoms. The number of carbonyl (C=O) groups is 1.